The summed E-state index contributed by atoms with van der Waals surface area (Å²) < 4.78 is 7.10. The van der Waals surface area contributed by atoms with Crippen molar-refractivity contribution in [3.63, 3.8) is 0 Å². The minimum Gasteiger partial charge on any atom is -0.496 e. The van der Waals surface area contributed by atoms with Gasteiger partial charge in [0, 0.05) is 38.7 Å². The lowest BCUT2D eigenvalue weighted by Crippen LogP contribution is -2.22. The van der Waals surface area contributed by atoms with E-state index in [0.717, 1.165) is 5.69 Å². The molecule has 0 bridgehead atoms. The van der Waals surface area contributed by atoms with Crippen LogP contribution < -0.4 is 10.1 Å². The summed E-state index contributed by atoms with van der Waals surface area (Å²) in [6, 6.07) is 6.77. The predicted octanol–water partition coefficient (Wildman–Crippen LogP) is 2.30. The fourth-order valence-corrected chi connectivity index (χ4v) is 2.24. The Hall–Kier alpha value is -2.76. The Labute approximate surface area is 135 Å². The van der Waals surface area contributed by atoms with Crippen molar-refractivity contribution < 1.29 is 14.3 Å². The maximum absolute atomic E-state index is 12.4. The fourth-order valence-electron chi connectivity index (χ4n) is 2.24. The highest BCUT2D eigenvalue weighted by Gasteiger charge is 2.17. The topological polar surface area (TPSA) is 63.6 Å². The molecule has 2 aromatic rings. The van der Waals surface area contributed by atoms with E-state index in [2.05, 4.69) is 5.32 Å². The number of aryl methyl sites for hydroxylation is 1. The second-order valence-electron chi connectivity index (χ2n) is 5.49. The molecule has 0 fully saturated rings. The zero-order chi connectivity index (χ0) is 17.1. The molecule has 0 atom stereocenters. The number of aromatic nitrogens is 1. The van der Waals surface area contributed by atoms with Crippen molar-refractivity contribution in [2.24, 2.45) is 7.05 Å². The summed E-state index contributed by atoms with van der Waals surface area (Å²) in [4.78, 5) is 26.0. The van der Waals surface area contributed by atoms with Crippen molar-refractivity contribution >= 4 is 17.5 Å². The predicted molar refractivity (Wildman–Crippen MR) is 89.1 cm³/mol. The van der Waals surface area contributed by atoms with E-state index in [9.17, 15) is 9.59 Å². The smallest absolute Gasteiger partial charge is 0.257 e. The molecule has 1 heterocycles. The van der Waals surface area contributed by atoms with Gasteiger partial charge in [0.1, 0.15) is 5.75 Å². The van der Waals surface area contributed by atoms with E-state index in [-0.39, 0.29) is 11.8 Å². The Morgan fingerprint density at radius 1 is 1.17 bits per heavy atom. The van der Waals surface area contributed by atoms with Crippen LogP contribution in [-0.2, 0) is 7.05 Å². The fraction of sp³-hybridized carbons (Fsp3) is 0.294. The first-order chi connectivity index (χ1) is 10.8. The summed E-state index contributed by atoms with van der Waals surface area (Å²) in [6.45, 7) is 1.88. The average Bonchev–Trinajstić information content (AvgIpc) is 2.86. The first-order valence-corrected chi connectivity index (χ1v) is 7.18. The summed E-state index contributed by atoms with van der Waals surface area (Å²) in [5.41, 5.74) is 2.42. The quantitative estimate of drug-likeness (QED) is 0.941. The number of carbonyl (C=O) groups excluding carboxylic acids is 2. The van der Waals surface area contributed by atoms with Crippen LogP contribution in [0.1, 0.15) is 26.4 Å². The Bertz CT molecular complexity index is 748. The summed E-state index contributed by atoms with van der Waals surface area (Å²) in [5, 5.41) is 2.82. The Kier molecular flexibility index (Phi) is 4.74. The minimum atomic E-state index is -0.212. The zero-order valence-corrected chi connectivity index (χ0v) is 14.0. The molecular formula is C17H21N3O3. The highest BCUT2D eigenvalue weighted by atomic mass is 16.5. The molecule has 0 saturated carbocycles. The van der Waals surface area contributed by atoms with Crippen molar-refractivity contribution in [1.29, 1.82) is 0 Å². The molecular weight excluding hydrogens is 294 g/mol. The number of ether oxygens (including phenoxy) is 1. The van der Waals surface area contributed by atoms with Gasteiger partial charge >= 0.3 is 0 Å². The summed E-state index contributed by atoms with van der Waals surface area (Å²) in [6.07, 6.45) is 1.83. The van der Waals surface area contributed by atoms with Crippen LogP contribution in [0, 0.1) is 6.92 Å². The Morgan fingerprint density at radius 3 is 2.39 bits per heavy atom. The van der Waals surface area contributed by atoms with Crippen LogP contribution in [0.15, 0.2) is 30.5 Å². The molecule has 0 saturated heterocycles. The summed E-state index contributed by atoms with van der Waals surface area (Å²) >= 11 is 0. The van der Waals surface area contributed by atoms with Crippen molar-refractivity contribution in [2.45, 2.75) is 6.92 Å². The lowest BCUT2D eigenvalue weighted by Gasteiger charge is -2.15. The van der Waals surface area contributed by atoms with Crippen molar-refractivity contribution in [3.8, 4) is 5.75 Å². The minimum absolute atomic E-state index is 0.186. The molecule has 6 nitrogen and oxygen atoms in total. The molecule has 2 amide bonds. The first kappa shape index (κ1) is 16.6. The molecule has 1 aromatic heterocycles. The van der Waals surface area contributed by atoms with E-state index < -0.39 is 0 Å². The number of methoxy groups -OCH3 is 1. The molecule has 1 N–H and O–H groups in total. The van der Waals surface area contributed by atoms with E-state index >= 15 is 0 Å². The van der Waals surface area contributed by atoms with Crippen molar-refractivity contribution in [3.05, 3.63) is 47.3 Å². The monoisotopic (exact) mass is 315 g/mol. The van der Waals surface area contributed by atoms with Gasteiger partial charge in [-0.3, -0.25) is 9.59 Å². The number of rotatable bonds is 4. The van der Waals surface area contributed by atoms with Gasteiger partial charge < -0.3 is 19.5 Å². The number of anilines is 1. The lowest BCUT2D eigenvalue weighted by molar-refractivity contribution is 0.0824. The SMILES string of the molecule is COc1ccc(NC(=O)c2ccn(C)c2C)cc1C(=O)N(C)C. The molecule has 0 aliphatic rings. The lowest BCUT2D eigenvalue weighted by atomic mass is 10.1. The molecule has 6 heteroatoms. The molecule has 0 aliphatic carbocycles. The van der Waals surface area contributed by atoms with Crippen LogP contribution in [0.5, 0.6) is 5.75 Å². The third-order valence-corrected chi connectivity index (χ3v) is 3.72. The van der Waals surface area contributed by atoms with E-state index in [1.165, 1.54) is 12.0 Å². The molecule has 1 aromatic carbocycles. The van der Waals surface area contributed by atoms with Crippen LogP contribution in [0.2, 0.25) is 0 Å². The molecule has 0 radical (unpaired) electrons. The van der Waals surface area contributed by atoms with Crippen LogP contribution >= 0.6 is 0 Å². The van der Waals surface area contributed by atoms with Crippen LogP contribution in [0.25, 0.3) is 0 Å². The van der Waals surface area contributed by atoms with Gasteiger partial charge in [0.2, 0.25) is 0 Å². The molecule has 23 heavy (non-hydrogen) atoms. The van der Waals surface area contributed by atoms with Gasteiger partial charge in [0.15, 0.2) is 0 Å². The molecule has 0 spiro atoms. The Morgan fingerprint density at radius 2 is 1.87 bits per heavy atom. The van der Waals surface area contributed by atoms with Crippen molar-refractivity contribution in [1.82, 2.24) is 9.47 Å². The van der Waals surface area contributed by atoms with E-state index in [1.807, 2.05) is 24.7 Å². The molecule has 2 rings (SSSR count). The van der Waals surface area contributed by atoms with Gasteiger partial charge in [0.05, 0.1) is 18.2 Å². The molecule has 0 unspecified atom stereocenters. The van der Waals surface area contributed by atoms with Gasteiger partial charge in [-0.05, 0) is 31.2 Å². The van der Waals surface area contributed by atoms with Crippen LogP contribution in [-0.4, -0.2) is 42.5 Å². The third kappa shape index (κ3) is 3.36. The summed E-state index contributed by atoms with van der Waals surface area (Å²) in [7, 11) is 6.72. The number of amides is 2. The van der Waals surface area contributed by atoms with Crippen LogP contribution in [0.3, 0.4) is 0 Å². The number of benzene rings is 1. The maximum atomic E-state index is 12.4. The third-order valence-electron chi connectivity index (χ3n) is 3.72. The standard InChI is InChI=1S/C17H21N3O3/c1-11-13(8-9-20(11)4)16(21)18-12-6-7-15(23-5)14(10-12)17(22)19(2)3/h6-10H,1-5H3,(H,18,21). The highest BCUT2D eigenvalue weighted by Crippen LogP contribution is 2.24. The largest absolute Gasteiger partial charge is 0.496 e. The number of hydrogen-bond acceptors (Lipinski definition) is 3. The number of nitrogens with one attached hydrogen (secondary N) is 1. The summed E-state index contributed by atoms with van der Waals surface area (Å²) in [5.74, 6) is 0.0722. The van der Waals surface area contributed by atoms with Crippen LogP contribution in [0.4, 0.5) is 5.69 Å². The average molecular weight is 315 g/mol. The normalized spacial score (nSPS) is 10.3. The number of nitrogens with zero attached hydrogens (tertiary/aromatic N) is 2. The first-order valence-electron chi connectivity index (χ1n) is 7.18. The highest BCUT2D eigenvalue weighted by molar-refractivity contribution is 6.06. The number of carbonyl (C=O) groups is 2. The second kappa shape index (κ2) is 6.56. The molecule has 0 aliphatic heterocycles. The van der Waals surface area contributed by atoms with Crippen molar-refractivity contribution in [2.75, 3.05) is 26.5 Å². The van der Waals surface area contributed by atoms with E-state index in [1.54, 1.807) is 38.4 Å². The van der Waals surface area contributed by atoms with Gasteiger partial charge in [-0.15, -0.1) is 0 Å². The van der Waals surface area contributed by atoms with Gasteiger partial charge in [-0.25, -0.2) is 0 Å². The van der Waals surface area contributed by atoms with Gasteiger partial charge in [0.25, 0.3) is 11.8 Å². The van der Waals surface area contributed by atoms with E-state index in [0.29, 0.717) is 22.6 Å². The second-order valence-corrected chi connectivity index (χ2v) is 5.49. The van der Waals surface area contributed by atoms with Gasteiger partial charge in [-0.2, -0.15) is 0 Å². The van der Waals surface area contributed by atoms with Gasteiger partial charge in [-0.1, -0.05) is 0 Å². The zero-order valence-electron chi connectivity index (χ0n) is 14.0. The Balaban J connectivity index is 2.30. The maximum Gasteiger partial charge on any atom is 0.257 e. The van der Waals surface area contributed by atoms with E-state index in [4.69, 9.17) is 4.74 Å². The molecule has 122 valence electrons. The number of hydrogen-bond donors (Lipinski definition) is 1.